The number of hydrogen-bond acceptors (Lipinski definition) is 5. The lowest BCUT2D eigenvalue weighted by atomic mass is 9.94. The van der Waals surface area contributed by atoms with Gasteiger partial charge in [0.15, 0.2) is 0 Å². The molecule has 1 aliphatic rings. The van der Waals surface area contributed by atoms with Crippen LogP contribution in [0.5, 0.6) is 11.5 Å². The first-order valence-corrected chi connectivity index (χ1v) is 12.4. The minimum Gasteiger partial charge on any atom is -0.507 e. The highest BCUT2D eigenvalue weighted by molar-refractivity contribution is 6.51. The number of carbonyl (C=O) groups excluding carboxylic acids is 2. The minimum absolute atomic E-state index is 0.0502. The van der Waals surface area contributed by atoms with Crippen LogP contribution in [0.2, 0.25) is 5.02 Å². The lowest BCUT2D eigenvalue weighted by Gasteiger charge is -2.27. The van der Waals surface area contributed by atoms with Crippen LogP contribution < -0.4 is 14.4 Å². The van der Waals surface area contributed by atoms with Gasteiger partial charge in [0.1, 0.15) is 17.3 Å². The Morgan fingerprint density at radius 1 is 0.973 bits per heavy atom. The van der Waals surface area contributed by atoms with E-state index in [2.05, 4.69) is 0 Å². The molecular weight excluding hydrogens is 490 g/mol. The van der Waals surface area contributed by atoms with Crippen LogP contribution in [0.1, 0.15) is 47.7 Å². The summed E-state index contributed by atoms with van der Waals surface area (Å²) in [4.78, 5) is 28.6. The fraction of sp³-hybridized carbons (Fsp3) is 0.267. The number of methoxy groups -OCH3 is 1. The summed E-state index contributed by atoms with van der Waals surface area (Å²) in [5, 5.41) is 11.9. The normalized spacial score (nSPS) is 17.0. The molecule has 0 radical (unpaired) electrons. The predicted molar refractivity (Wildman–Crippen MR) is 146 cm³/mol. The van der Waals surface area contributed by atoms with Crippen molar-refractivity contribution in [2.24, 2.45) is 0 Å². The van der Waals surface area contributed by atoms with Crippen LogP contribution in [-0.2, 0) is 9.59 Å². The third-order valence-corrected chi connectivity index (χ3v) is 6.40. The molecule has 0 spiro atoms. The molecule has 1 amide bonds. The van der Waals surface area contributed by atoms with E-state index in [4.69, 9.17) is 21.1 Å². The van der Waals surface area contributed by atoms with E-state index >= 15 is 0 Å². The Hall–Kier alpha value is -3.77. The number of carbonyl (C=O) groups is 2. The summed E-state index contributed by atoms with van der Waals surface area (Å²) < 4.78 is 11.4. The smallest absolute Gasteiger partial charge is 0.300 e. The molecule has 0 aliphatic carbocycles. The molecule has 0 saturated carbocycles. The maximum atomic E-state index is 13.6. The van der Waals surface area contributed by atoms with Crippen molar-refractivity contribution in [3.05, 3.63) is 93.0 Å². The van der Waals surface area contributed by atoms with Gasteiger partial charge in [-0.3, -0.25) is 14.5 Å². The van der Waals surface area contributed by atoms with Gasteiger partial charge in [-0.05, 0) is 93.3 Å². The number of ketones is 1. The Bertz CT molecular complexity index is 1410. The van der Waals surface area contributed by atoms with E-state index < -0.39 is 17.7 Å². The SMILES string of the molecule is COc1c(Cl)cc(C)cc1/C(O)=C1\C(=O)C(=O)N(c2cc(C)cc(C)c2)C1c1cccc(OC(C)C)c1. The van der Waals surface area contributed by atoms with Crippen LogP contribution in [0.3, 0.4) is 0 Å². The fourth-order valence-corrected chi connectivity index (χ4v) is 5.14. The van der Waals surface area contributed by atoms with Gasteiger partial charge >= 0.3 is 0 Å². The van der Waals surface area contributed by atoms with Gasteiger partial charge < -0.3 is 14.6 Å². The first kappa shape index (κ1) is 26.3. The Balaban J connectivity index is 2.02. The number of hydrogen-bond donors (Lipinski definition) is 1. The van der Waals surface area contributed by atoms with Gasteiger partial charge in [-0.15, -0.1) is 0 Å². The van der Waals surface area contributed by atoms with Crippen LogP contribution in [0.15, 0.2) is 60.2 Å². The number of halogens is 1. The van der Waals surface area contributed by atoms with Crippen molar-refractivity contribution in [3.8, 4) is 11.5 Å². The van der Waals surface area contributed by atoms with E-state index in [1.54, 1.807) is 24.3 Å². The molecular formula is C30H30ClNO5. The van der Waals surface area contributed by atoms with Gasteiger partial charge in [0.05, 0.1) is 35.4 Å². The lowest BCUT2D eigenvalue weighted by molar-refractivity contribution is -0.132. The molecule has 1 heterocycles. The molecule has 1 aliphatic heterocycles. The number of Topliss-reactive ketones (excluding diaryl/α,β-unsaturated/α-hetero) is 1. The van der Waals surface area contributed by atoms with Gasteiger partial charge in [0, 0.05) is 5.69 Å². The summed E-state index contributed by atoms with van der Waals surface area (Å²) in [5.74, 6) is -1.07. The summed E-state index contributed by atoms with van der Waals surface area (Å²) in [6, 6.07) is 15.4. The summed E-state index contributed by atoms with van der Waals surface area (Å²) in [6.07, 6.45) is -0.0697. The summed E-state index contributed by atoms with van der Waals surface area (Å²) >= 11 is 6.40. The maximum Gasteiger partial charge on any atom is 0.300 e. The third kappa shape index (κ3) is 5.07. The molecule has 3 aromatic rings. The number of amides is 1. The topological polar surface area (TPSA) is 76.1 Å². The van der Waals surface area contributed by atoms with Gasteiger partial charge in [0.25, 0.3) is 11.7 Å². The van der Waals surface area contributed by atoms with Crippen molar-refractivity contribution in [2.75, 3.05) is 12.0 Å². The highest BCUT2D eigenvalue weighted by Gasteiger charge is 2.47. The molecule has 1 unspecified atom stereocenters. The van der Waals surface area contributed by atoms with Crippen LogP contribution in [0.25, 0.3) is 5.76 Å². The Morgan fingerprint density at radius 2 is 1.62 bits per heavy atom. The second-order valence-electron chi connectivity index (χ2n) is 9.58. The second-order valence-corrected chi connectivity index (χ2v) is 9.99. The van der Waals surface area contributed by atoms with Crippen molar-refractivity contribution in [3.63, 3.8) is 0 Å². The Labute approximate surface area is 222 Å². The van der Waals surface area contributed by atoms with Gasteiger partial charge in [0.2, 0.25) is 0 Å². The van der Waals surface area contributed by atoms with Crippen LogP contribution >= 0.6 is 11.6 Å². The lowest BCUT2D eigenvalue weighted by Crippen LogP contribution is -2.29. The van der Waals surface area contributed by atoms with Crippen molar-refractivity contribution < 1.29 is 24.2 Å². The van der Waals surface area contributed by atoms with E-state index in [9.17, 15) is 14.7 Å². The predicted octanol–water partition coefficient (Wildman–Crippen LogP) is 6.69. The van der Waals surface area contributed by atoms with Crippen molar-refractivity contribution in [2.45, 2.75) is 46.8 Å². The second kappa shape index (κ2) is 10.3. The van der Waals surface area contributed by atoms with Crippen LogP contribution in [0.4, 0.5) is 5.69 Å². The van der Waals surface area contributed by atoms with E-state index in [0.717, 1.165) is 16.7 Å². The van der Waals surface area contributed by atoms with Crippen molar-refractivity contribution in [1.82, 2.24) is 0 Å². The van der Waals surface area contributed by atoms with E-state index in [1.165, 1.54) is 12.0 Å². The highest BCUT2D eigenvalue weighted by Crippen LogP contribution is 2.45. The van der Waals surface area contributed by atoms with Crippen molar-refractivity contribution in [1.29, 1.82) is 0 Å². The van der Waals surface area contributed by atoms with Gasteiger partial charge in [-0.25, -0.2) is 0 Å². The van der Waals surface area contributed by atoms with Crippen LogP contribution in [-0.4, -0.2) is 30.0 Å². The quantitative estimate of drug-likeness (QED) is 0.223. The molecule has 37 heavy (non-hydrogen) atoms. The molecule has 7 heteroatoms. The molecule has 0 bridgehead atoms. The Morgan fingerprint density at radius 3 is 2.24 bits per heavy atom. The summed E-state index contributed by atoms with van der Waals surface area (Å²) in [6.45, 7) is 9.52. The average Bonchev–Trinajstić information content (AvgIpc) is 3.08. The minimum atomic E-state index is -0.902. The molecule has 3 aromatic carbocycles. The number of aliphatic hydroxyl groups is 1. The molecule has 1 N–H and O–H groups in total. The Kier molecular flexibility index (Phi) is 7.32. The zero-order valence-electron chi connectivity index (χ0n) is 21.8. The van der Waals surface area contributed by atoms with Crippen molar-refractivity contribution >= 4 is 34.7 Å². The number of ether oxygens (including phenoxy) is 2. The number of aliphatic hydroxyl groups excluding tert-OH is 1. The first-order chi connectivity index (χ1) is 17.5. The molecule has 6 nitrogen and oxygen atoms in total. The van der Waals surface area contributed by atoms with E-state index in [0.29, 0.717) is 17.0 Å². The summed E-state index contributed by atoms with van der Waals surface area (Å²) in [5.41, 5.74) is 4.03. The monoisotopic (exact) mass is 519 g/mol. The van der Waals surface area contributed by atoms with Gasteiger partial charge in [-0.1, -0.05) is 29.8 Å². The number of benzene rings is 3. The number of aryl methyl sites for hydroxylation is 3. The van der Waals surface area contributed by atoms with Crippen LogP contribution in [0, 0.1) is 20.8 Å². The molecule has 0 aromatic heterocycles. The average molecular weight is 520 g/mol. The number of nitrogens with zero attached hydrogens (tertiary/aromatic N) is 1. The first-order valence-electron chi connectivity index (χ1n) is 12.0. The zero-order valence-corrected chi connectivity index (χ0v) is 22.5. The number of rotatable bonds is 6. The van der Waals surface area contributed by atoms with E-state index in [-0.39, 0.29) is 33.8 Å². The fourth-order valence-electron chi connectivity index (χ4n) is 4.79. The van der Waals surface area contributed by atoms with E-state index in [1.807, 2.05) is 65.0 Å². The zero-order chi connectivity index (χ0) is 27.0. The third-order valence-electron chi connectivity index (χ3n) is 6.12. The summed E-state index contributed by atoms with van der Waals surface area (Å²) in [7, 11) is 1.44. The molecule has 1 atom stereocenters. The molecule has 192 valence electrons. The molecule has 4 rings (SSSR count). The highest BCUT2D eigenvalue weighted by atomic mass is 35.5. The molecule has 1 saturated heterocycles. The standard InChI is InChI=1S/C30H30ClNO5/c1-16(2)37-22-9-7-8-20(15-22)26-25(27(33)23-13-19(5)14-24(31)29(23)36-6)28(34)30(35)32(26)21-11-17(3)10-18(4)12-21/h7-16,26,33H,1-6H3/b27-25+. The molecule has 1 fully saturated rings. The number of anilines is 1. The van der Waals surface area contributed by atoms with Gasteiger partial charge in [-0.2, -0.15) is 0 Å². The largest absolute Gasteiger partial charge is 0.507 e. The maximum absolute atomic E-state index is 13.6.